The van der Waals surface area contributed by atoms with Crippen LogP contribution in [0.1, 0.15) is 33.6 Å². The Kier molecular flexibility index (Phi) is 4.92. The predicted octanol–water partition coefficient (Wildman–Crippen LogP) is 2.19. The SMILES string of the molecule is [CH2]CC(=O)OC(C)CC(C)C. The molecule has 1 radical (unpaired) electrons. The Bertz CT molecular complexity index is 119. The minimum Gasteiger partial charge on any atom is -0.463 e. The van der Waals surface area contributed by atoms with Gasteiger partial charge in [0.05, 0.1) is 6.10 Å². The minimum atomic E-state index is -0.210. The standard InChI is InChI=1S/C9H17O2/c1-5-9(10)11-8(4)6-7(2)3/h7-8H,1,5-6H2,2-4H3. The highest BCUT2D eigenvalue weighted by Gasteiger charge is 2.08. The van der Waals surface area contributed by atoms with E-state index in [1.807, 2.05) is 6.92 Å². The van der Waals surface area contributed by atoms with E-state index < -0.39 is 0 Å². The van der Waals surface area contributed by atoms with Gasteiger partial charge >= 0.3 is 5.97 Å². The van der Waals surface area contributed by atoms with Crippen LogP contribution in [0.25, 0.3) is 0 Å². The third-order valence-corrected chi connectivity index (χ3v) is 1.34. The number of ether oxygens (including phenoxy) is 1. The largest absolute Gasteiger partial charge is 0.463 e. The Hall–Kier alpha value is -0.530. The molecular formula is C9H17O2. The van der Waals surface area contributed by atoms with Crippen molar-refractivity contribution in [1.82, 2.24) is 0 Å². The second-order valence-electron chi connectivity index (χ2n) is 3.18. The molecule has 0 N–H and O–H groups in total. The highest BCUT2D eigenvalue weighted by atomic mass is 16.5. The van der Waals surface area contributed by atoms with E-state index in [4.69, 9.17) is 4.74 Å². The van der Waals surface area contributed by atoms with Crippen molar-refractivity contribution in [3.8, 4) is 0 Å². The molecule has 0 bridgehead atoms. The summed E-state index contributed by atoms with van der Waals surface area (Å²) in [6.45, 7) is 9.56. The van der Waals surface area contributed by atoms with Crippen LogP contribution in [0.2, 0.25) is 0 Å². The third kappa shape index (κ3) is 5.89. The van der Waals surface area contributed by atoms with E-state index in [2.05, 4.69) is 20.8 Å². The number of rotatable bonds is 4. The van der Waals surface area contributed by atoms with Crippen LogP contribution < -0.4 is 0 Å². The first-order chi connectivity index (χ1) is 5.06. The molecule has 0 aliphatic carbocycles. The van der Waals surface area contributed by atoms with Crippen LogP contribution in [-0.2, 0) is 9.53 Å². The molecule has 0 saturated heterocycles. The highest BCUT2D eigenvalue weighted by molar-refractivity contribution is 5.69. The second kappa shape index (κ2) is 5.16. The average Bonchev–Trinajstić information content (AvgIpc) is 1.85. The van der Waals surface area contributed by atoms with Crippen molar-refractivity contribution >= 4 is 5.97 Å². The van der Waals surface area contributed by atoms with Crippen molar-refractivity contribution in [3.63, 3.8) is 0 Å². The topological polar surface area (TPSA) is 26.3 Å². The first-order valence-corrected chi connectivity index (χ1v) is 4.05. The van der Waals surface area contributed by atoms with Crippen molar-refractivity contribution < 1.29 is 9.53 Å². The Morgan fingerprint density at radius 2 is 2.00 bits per heavy atom. The van der Waals surface area contributed by atoms with Crippen LogP contribution in [-0.4, -0.2) is 12.1 Å². The van der Waals surface area contributed by atoms with Gasteiger partial charge < -0.3 is 4.74 Å². The van der Waals surface area contributed by atoms with Crippen LogP contribution in [0.15, 0.2) is 0 Å². The first kappa shape index (κ1) is 10.5. The van der Waals surface area contributed by atoms with Crippen LogP contribution in [0, 0.1) is 12.8 Å². The molecule has 11 heavy (non-hydrogen) atoms. The van der Waals surface area contributed by atoms with E-state index >= 15 is 0 Å². The molecule has 0 amide bonds. The normalized spacial score (nSPS) is 13.2. The average molecular weight is 157 g/mol. The second-order valence-corrected chi connectivity index (χ2v) is 3.18. The fourth-order valence-corrected chi connectivity index (χ4v) is 0.995. The lowest BCUT2D eigenvalue weighted by atomic mass is 10.1. The zero-order chi connectivity index (χ0) is 8.85. The molecule has 0 aromatic carbocycles. The van der Waals surface area contributed by atoms with E-state index in [-0.39, 0.29) is 18.5 Å². The molecular weight excluding hydrogens is 140 g/mol. The van der Waals surface area contributed by atoms with Gasteiger partial charge in [-0.3, -0.25) is 4.79 Å². The Morgan fingerprint density at radius 1 is 1.45 bits per heavy atom. The van der Waals surface area contributed by atoms with Crippen molar-refractivity contribution in [2.24, 2.45) is 5.92 Å². The van der Waals surface area contributed by atoms with Crippen LogP contribution in [0.3, 0.4) is 0 Å². The summed E-state index contributed by atoms with van der Waals surface area (Å²) in [7, 11) is 0. The minimum absolute atomic E-state index is 0.0317. The van der Waals surface area contributed by atoms with Gasteiger partial charge in [0.25, 0.3) is 0 Å². The Morgan fingerprint density at radius 3 is 2.36 bits per heavy atom. The molecule has 0 aliphatic rings. The maximum absolute atomic E-state index is 10.7. The van der Waals surface area contributed by atoms with Gasteiger partial charge in [-0.2, -0.15) is 0 Å². The van der Waals surface area contributed by atoms with E-state index in [0.717, 1.165) is 6.42 Å². The fourth-order valence-electron chi connectivity index (χ4n) is 0.995. The van der Waals surface area contributed by atoms with Gasteiger partial charge in [-0.05, 0) is 26.2 Å². The molecule has 0 aromatic rings. The third-order valence-electron chi connectivity index (χ3n) is 1.34. The summed E-state index contributed by atoms with van der Waals surface area (Å²) < 4.78 is 5.01. The Labute approximate surface area is 68.9 Å². The molecule has 0 aliphatic heterocycles. The zero-order valence-electron chi connectivity index (χ0n) is 7.59. The molecule has 1 atom stereocenters. The molecule has 0 aromatic heterocycles. The molecule has 0 heterocycles. The monoisotopic (exact) mass is 157 g/mol. The fraction of sp³-hybridized carbons (Fsp3) is 0.778. The van der Waals surface area contributed by atoms with Crippen LogP contribution in [0.5, 0.6) is 0 Å². The number of esters is 1. The van der Waals surface area contributed by atoms with Crippen molar-refractivity contribution in [1.29, 1.82) is 0 Å². The molecule has 0 saturated carbocycles. The summed E-state index contributed by atoms with van der Waals surface area (Å²) in [6.07, 6.45) is 1.18. The summed E-state index contributed by atoms with van der Waals surface area (Å²) in [5.74, 6) is 0.362. The summed E-state index contributed by atoms with van der Waals surface area (Å²) in [5, 5.41) is 0. The summed E-state index contributed by atoms with van der Waals surface area (Å²) in [4.78, 5) is 10.7. The lowest BCUT2D eigenvalue weighted by molar-refractivity contribution is -0.147. The van der Waals surface area contributed by atoms with Gasteiger partial charge in [-0.15, -0.1) is 0 Å². The predicted molar refractivity (Wildman–Crippen MR) is 45.0 cm³/mol. The summed E-state index contributed by atoms with van der Waals surface area (Å²) in [6, 6.07) is 0. The number of carbonyl (C=O) groups excluding carboxylic acids is 1. The van der Waals surface area contributed by atoms with Crippen molar-refractivity contribution in [3.05, 3.63) is 6.92 Å². The smallest absolute Gasteiger partial charge is 0.306 e. The summed E-state index contributed by atoms with van der Waals surface area (Å²) >= 11 is 0. The number of carbonyl (C=O) groups is 1. The Balaban J connectivity index is 3.51. The maximum Gasteiger partial charge on any atom is 0.306 e. The van der Waals surface area contributed by atoms with Crippen molar-refractivity contribution in [2.45, 2.75) is 39.7 Å². The molecule has 2 heteroatoms. The van der Waals surface area contributed by atoms with Crippen LogP contribution in [0.4, 0.5) is 0 Å². The van der Waals surface area contributed by atoms with Crippen LogP contribution >= 0.6 is 0 Å². The lowest BCUT2D eigenvalue weighted by Gasteiger charge is -2.14. The van der Waals surface area contributed by atoms with E-state index in [0.29, 0.717) is 5.92 Å². The molecule has 65 valence electrons. The number of hydrogen-bond acceptors (Lipinski definition) is 2. The maximum atomic E-state index is 10.7. The van der Waals surface area contributed by atoms with Gasteiger partial charge in [0.1, 0.15) is 0 Å². The highest BCUT2D eigenvalue weighted by Crippen LogP contribution is 2.07. The molecule has 0 spiro atoms. The van der Waals surface area contributed by atoms with E-state index in [1.165, 1.54) is 0 Å². The molecule has 0 rings (SSSR count). The molecule has 1 unspecified atom stereocenters. The van der Waals surface area contributed by atoms with Gasteiger partial charge in [0, 0.05) is 6.42 Å². The zero-order valence-corrected chi connectivity index (χ0v) is 7.59. The molecule has 2 nitrogen and oxygen atoms in total. The van der Waals surface area contributed by atoms with Gasteiger partial charge in [-0.25, -0.2) is 0 Å². The number of hydrogen-bond donors (Lipinski definition) is 0. The van der Waals surface area contributed by atoms with E-state index in [1.54, 1.807) is 0 Å². The lowest BCUT2D eigenvalue weighted by Crippen LogP contribution is -2.15. The van der Waals surface area contributed by atoms with Crippen molar-refractivity contribution in [2.75, 3.05) is 0 Å². The van der Waals surface area contributed by atoms with Gasteiger partial charge in [0.15, 0.2) is 0 Å². The quantitative estimate of drug-likeness (QED) is 0.585. The van der Waals surface area contributed by atoms with E-state index in [9.17, 15) is 4.79 Å². The first-order valence-electron chi connectivity index (χ1n) is 4.05. The van der Waals surface area contributed by atoms with Gasteiger partial charge in [0.2, 0.25) is 0 Å². The summed E-state index contributed by atoms with van der Waals surface area (Å²) in [5.41, 5.74) is 0. The van der Waals surface area contributed by atoms with Gasteiger partial charge in [-0.1, -0.05) is 13.8 Å². The molecule has 0 fully saturated rings.